The third-order valence-corrected chi connectivity index (χ3v) is 7.99. The molecule has 9 heteroatoms. The van der Waals surface area contributed by atoms with Crippen LogP contribution in [0.1, 0.15) is 73.6 Å². The third-order valence-electron chi connectivity index (χ3n) is 7.99. The fraction of sp³-hybridized carbons (Fsp3) is 0.467. The highest BCUT2D eigenvalue weighted by Crippen LogP contribution is 2.33. The molecule has 1 N–H and O–H groups in total. The summed E-state index contributed by atoms with van der Waals surface area (Å²) in [6.45, 7) is 5.39. The lowest BCUT2D eigenvalue weighted by Gasteiger charge is -2.31. The first-order valence-electron chi connectivity index (χ1n) is 13.9. The van der Waals surface area contributed by atoms with Crippen molar-refractivity contribution < 1.29 is 9.47 Å². The number of H-pyrrole nitrogens is 1. The van der Waals surface area contributed by atoms with Gasteiger partial charge in [-0.05, 0) is 77.7 Å². The number of hydrogen-bond donors (Lipinski definition) is 1. The van der Waals surface area contributed by atoms with Crippen molar-refractivity contribution in [1.29, 1.82) is 0 Å². The van der Waals surface area contributed by atoms with Gasteiger partial charge in [-0.25, -0.2) is 4.68 Å². The van der Waals surface area contributed by atoms with Crippen molar-refractivity contribution in [3.63, 3.8) is 0 Å². The highest BCUT2D eigenvalue weighted by molar-refractivity contribution is 5.81. The van der Waals surface area contributed by atoms with Crippen LogP contribution in [-0.2, 0) is 13.0 Å². The summed E-state index contributed by atoms with van der Waals surface area (Å²) in [5.41, 5.74) is 3.76. The minimum atomic E-state index is -0.0573. The average molecular weight is 531 g/mol. The molecule has 1 fully saturated rings. The molecule has 2 aromatic heterocycles. The highest BCUT2D eigenvalue weighted by Gasteiger charge is 2.29. The van der Waals surface area contributed by atoms with E-state index in [9.17, 15) is 4.79 Å². The van der Waals surface area contributed by atoms with Crippen molar-refractivity contribution in [2.75, 3.05) is 20.8 Å². The van der Waals surface area contributed by atoms with Gasteiger partial charge in [0.2, 0.25) is 0 Å². The zero-order valence-electron chi connectivity index (χ0n) is 23.3. The Morgan fingerprint density at radius 1 is 1.10 bits per heavy atom. The minimum Gasteiger partial charge on any atom is -0.493 e. The summed E-state index contributed by atoms with van der Waals surface area (Å²) in [6, 6.07) is 14.4. The molecule has 1 saturated carbocycles. The summed E-state index contributed by atoms with van der Waals surface area (Å²) < 4.78 is 13.0. The molecule has 0 saturated heterocycles. The number of rotatable bonds is 11. The normalized spacial score (nSPS) is 14.8. The molecule has 9 nitrogen and oxygen atoms in total. The molecule has 5 rings (SSSR count). The summed E-state index contributed by atoms with van der Waals surface area (Å²) in [5, 5.41) is 14.1. The van der Waals surface area contributed by atoms with Crippen LogP contribution in [0.5, 0.6) is 11.5 Å². The molecule has 2 aromatic carbocycles. The molecular weight excluding hydrogens is 492 g/mol. The van der Waals surface area contributed by atoms with E-state index in [0.717, 1.165) is 65.6 Å². The van der Waals surface area contributed by atoms with Gasteiger partial charge in [-0.15, -0.1) is 5.10 Å². The van der Waals surface area contributed by atoms with E-state index in [-0.39, 0.29) is 11.6 Å². The molecule has 1 atom stereocenters. The van der Waals surface area contributed by atoms with Crippen LogP contribution in [0.15, 0.2) is 47.3 Å². The highest BCUT2D eigenvalue weighted by atomic mass is 16.5. The number of para-hydroxylation sites is 1. The molecule has 39 heavy (non-hydrogen) atoms. The van der Waals surface area contributed by atoms with Crippen LogP contribution in [-0.4, -0.2) is 50.9 Å². The van der Waals surface area contributed by atoms with Gasteiger partial charge in [-0.1, -0.05) is 44.0 Å². The molecule has 1 aliphatic rings. The summed E-state index contributed by atoms with van der Waals surface area (Å²) in [5.74, 6) is 2.29. The van der Waals surface area contributed by atoms with Gasteiger partial charge in [0.25, 0.3) is 5.56 Å². The Morgan fingerprint density at radius 3 is 2.64 bits per heavy atom. The average Bonchev–Trinajstić information content (AvgIpc) is 3.65. The Hall–Kier alpha value is -3.72. The Balaban J connectivity index is 1.49. The maximum atomic E-state index is 13.3. The van der Waals surface area contributed by atoms with Gasteiger partial charge in [0.15, 0.2) is 17.3 Å². The largest absolute Gasteiger partial charge is 0.493 e. The molecule has 206 valence electrons. The van der Waals surface area contributed by atoms with E-state index in [1.807, 2.05) is 48.0 Å². The smallest absolute Gasteiger partial charge is 0.252 e. The number of aromatic nitrogens is 5. The SMILES string of the molecule is CC[C@@H](c1nnnn1C1CCCC1)N(CCc1ccc(OC)c(OC)c1)Cc1cc2cccc(C)c2[nH]c1=O. The first kappa shape index (κ1) is 26.9. The second-order valence-electron chi connectivity index (χ2n) is 10.4. The number of nitrogens with one attached hydrogen (secondary N) is 1. The summed E-state index contributed by atoms with van der Waals surface area (Å²) in [6.07, 6.45) is 6.20. The number of methoxy groups -OCH3 is 2. The van der Waals surface area contributed by atoms with Crippen molar-refractivity contribution in [1.82, 2.24) is 30.1 Å². The molecule has 2 heterocycles. The predicted molar refractivity (Wildman–Crippen MR) is 151 cm³/mol. The Labute approximate surface area is 229 Å². The fourth-order valence-corrected chi connectivity index (χ4v) is 5.85. The third kappa shape index (κ3) is 5.68. The molecule has 0 aliphatic heterocycles. The van der Waals surface area contributed by atoms with Gasteiger partial charge in [0, 0.05) is 18.7 Å². The van der Waals surface area contributed by atoms with Crippen molar-refractivity contribution in [2.45, 2.75) is 71.0 Å². The van der Waals surface area contributed by atoms with Gasteiger partial charge in [-0.2, -0.15) is 0 Å². The number of ether oxygens (including phenoxy) is 2. The van der Waals surface area contributed by atoms with E-state index in [0.29, 0.717) is 24.1 Å². The lowest BCUT2D eigenvalue weighted by molar-refractivity contribution is 0.169. The van der Waals surface area contributed by atoms with E-state index in [1.54, 1.807) is 14.2 Å². The zero-order valence-corrected chi connectivity index (χ0v) is 23.3. The van der Waals surface area contributed by atoms with Gasteiger partial charge in [0.05, 0.1) is 31.8 Å². The number of hydrogen-bond acceptors (Lipinski definition) is 7. The van der Waals surface area contributed by atoms with Crippen LogP contribution in [0.3, 0.4) is 0 Å². The second kappa shape index (κ2) is 12.0. The lowest BCUT2D eigenvalue weighted by atomic mass is 10.1. The van der Waals surface area contributed by atoms with Crippen LogP contribution in [0, 0.1) is 6.92 Å². The van der Waals surface area contributed by atoms with Gasteiger partial charge >= 0.3 is 0 Å². The minimum absolute atomic E-state index is 0.0339. The first-order valence-corrected chi connectivity index (χ1v) is 13.9. The Morgan fingerprint density at radius 2 is 1.90 bits per heavy atom. The molecule has 4 aromatic rings. The number of aromatic amines is 1. The number of tetrazole rings is 1. The number of benzene rings is 2. The molecule has 1 aliphatic carbocycles. The van der Waals surface area contributed by atoms with Crippen LogP contribution in [0.25, 0.3) is 10.9 Å². The van der Waals surface area contributed by atoms with Crippen LogP contribution < -0.4 is 15.0 Å². The van der Waals surface area contributed by atoms with Crippen LogP contribution >= 0.6 is 0 Å². The zero-order chi connectivity index (χ0) is 27.4. The number of fused-ring (bicyclic) bond motifs is 1. The Kier molecular flexibility index (Phi) is 8.26. The van der Waals surface area contributed by atoms with Crippen LogP contribution in [0.2, 0.25) is 0 Å². The summed E-state index contributed by atoms with van der Waals surface area (Å²) >= 11 is 0. The van der Waals surface area contributed by atoms with Gasteiger partial charge in [0.1, 0.15) is 0 Å². The Bertz CT molecular complexity index is 1470. The fourth-order valence-electron chi connectivity index (χ4n) is 5.85. The predicted octanol–water partition coefficient (Wildman–Crippen LogP) is 5.15. The summed E-state index contributed by atoms with van der Waals surface area (Å²) in [4.78, 5) is 18.7. The standard InChI is InChI=1S/C30H38N6O3/c1-5-25(29-32-33-34-36(29)24-11-6-7-12-24)35(16-15-21-13-14-26(38-3)27(17-21)39-4)19-23-18-22-10-8-9-20(2)28(22)31-30(23)37/h8-10,13-14,17-18,24-25H,5-7,11-12,15-16,19H2,1-4H3,(H,31,37)/t25-/m0/s1. The number of pyridine rings is 1. The van der Waals surface area contributed by atoms with E-state index >= 15 is 0 Å². The number of aryl methyl sites for hydroxylation is 1. The summed E-state index contributed by atoms with van der Waals surface area (Å²) in [7, 11) is 3.29. The van der Waals surface area contributed by atoms with Crippen molar-refractivity contribution in [3.05, 3.63) is 75.3 Å². The lowest BCUT2D eigenvalue weighted by Crippen LogP contribution is -2.34. The molecule has 0 radical (unpaired) electrons. The first-order chi connectivity index (χ1) is 19.0. The molecule has 0 amide bonds. The monoisotopic (exact) mass is 530 g/mol. The van der Waals surface area contributed by atoms with Crippen molar-refractivity contribution in [3.8, 4) is 11.5 Å². The topological polar surface area (TPSA) is 98.2 Å². The quantitative estimate of drug-likeness (QED) is 0.286. The van der Waals surface area contributed by atoms with Crippen molar-refractivity contribution in [2.24, 2.45) is 0 Å². The molecular formula is C30H38N6O3. The van der Waals surface area contributed by atoms with Crippen LogP contribution in [0.4, 0.5) is 0 Å². The van der Waals surface area contributed by atoms with E-state index in [4.69, 9.17) is 9.47 Å². The number of nitrogens with zero attached hydrogens (tertiary/aromatic N) is 5. The van der Waals surface area contributed by atoms with Gasteiger partial charge < -0.3 is 14.5 Å². The maximum absolute atomic E-state index is 13.3. The van der Waals surface area contributed by atoms with Crippen molar-refractivity contribution >= 4 is 10.9 Å². The maximum Gasteiger partial charge on any atom is 0.252 e. The second-order valence-corrected chi connectivity index (χ2v) is 10.4. The van der Waals surface area contributed by atoms with E-state index < -0.39 is 0 Å². The molecule has 0 bridgehead atoms. The molecule has 0 spiro atoms. The van der Waals surface area contributed by atoms with Gasteiger partial charge in [-0.3, -0.25) is 9.69 Å². The van der Waals surface area contributed by atoms with E-state index in [1.165, 1.54) is 12.8 Å². The molecule has 0 unspecified atom stereocenters. The van der Waals surface area contributed by atoms with E-state index in [2.05, 4.69) is 38.4 Å².